The highest BCUT2D eigenvalue weighted by molar-refractivity contribution is 5.81. The number of amides is 1. The van der Waals surface area contributed by atoms with E-state index in [1.54, 1.807) is 27.9 Å². The standard InChI is InChI=1S/C13H18F2N2O/c1-8(16-3)13(18)17(4)9(2)11-7-10(14)5-6-12(11)15/h5-9,16H,1-4H3. The van der Waals surface area contributed by atoms with Crippen molar-refractivity contribution in [3.8, 4) is 0 Å². The van der Waals surface area contributed by atoms with Gasteiger partial charge in [0.05, 0.1) is 12.1 Å². The fraction of sp³-hybridized carbons (Fsp3) is 0.462. The van der Waals surface area contributed by atoms with Crippen LogP contribution in [0, 0.1) is 11.6 Å². The summed E-state index contributed by atoms with van der Waals surface area (Å²) in [5.74, 6) is -1.20. The van der Waals surface area contributed by atoms with Gasteiger partial charge in [-0.15, -0.1) is 0 Å². The van der Waals surface area contributed by atoms with Crippen molar-refractivity contribution in [1.29, 1.82) is 0 Å². The van der Waals surface area contributed by atoms with Crippen LogP contribution in [0.4, 0.5) is 8.78 Å². The first-order valence-electron chi connectivity index (χ1n) is 5.77. The summed E-state index contributed by atoms with van der Waals surface area (Å²) in [7, 11) is 3.25. The summed E-state index contributed by atoms with van der Waals surface area (Å²) in [5, 5.41) is 2.82. The Morgan fingerprint density at radius 1 is 1.33 bits per heavy atom. The molecule has 2 atom stereocenters. The lowest BCUT2D eigenvalue weighted by Crippen LogP contribution is -2.42. The highest BCUT2D eigenvalue weighted by Crippen LogP contribution is 2.23. The molecule has 1 rings (SSSR count). The molecule has 0 heterocycles. The van der Waals surface area contributed by atoms with Crippen molar-refractivity contribution in [3.63, 3.8) is 0 Å². The second kappa shape index (κ2) is 5.91. The van der Waals surface area contributed by atoms with Gasteiger partial charge in [0.1, 0.15) is 11.6 Å². The Morgan fingerprint density at radius 3 is 2.50 bits per heavy atom. The van der Waals surface area contributed by atoms with E-state index in [-0.39, 0.29) is 17.5 Å². The molecule has 2 unspecified atom stereocenters. The minimum atomic E-state index is -0.524. The van der Waals surface area contributed by atoms with E-state index in [1.165, 1.54) is 4.90 Å². The first-order valence-corrected chi connectivity index (χ1v) is 5.77. The van der Waals surface area contributed by atoms with Crippen molar-refractivity contribution < 1.29 is 13.6 Å². The van der Waals surface area contributed by atoms with Crippen molar-refractivity contribution in [2.75, 3.05) is 14.1 Å². The molecule has 18 heavy (non-hydrogen) atoms. The van der Waals surface area contributed by atoms with E-state index in [9.17, 15) is 13.6 Å². The molecule has 1 amide bonds. The summed E-state index contributed by atoms with van der Waals surface area (Å²) in [6.07, 6.45) is 0. The quantitative estimate of drug-likeness (QED) is 0.894. The van der Waals surface area contributed by atoms with Gasteiger partial charge in [-0.05, 0) is 39.1 Å². The minimum Gasteiger partial charge on any atom is -0.338 e. The van der Waals surface area contributed by atoms with E-state index < -0.39 is 17.7 Å². The van der Waals surface area contributed by atoms with Crippen LogP contribution in [0.1, 0.15) is 25.5 Å². The Hall–Kier alpha value is -1.49. The first-order chi connectivity index (χ1) is 8.38. The molecule has 0 spiro atoms. The Morgan fingerprint density at radius 2 is 1.94 bits per heavy atom. The predicted molar refractivity (Wildman–Crippen MR) is 66.1 cm³/mol. The van der Waals surface area contributed by atoms with Crippen LogP contribution in [-0.4, -0.2) is 30.9 Å². The van der Waals surface area contributed by atoms with Crippen LogP contribution in [-0.2, 0) is 4.79 Å². The number of rotatable bonds is 4. The molecule has 0 aliphatic carbocycles. The van der Waals surface area contributed by atoms with Crippen LogP contribution in [0.2, 0.25) is 0 Å². The summed E-state index contributed by atoms with van der Waals surface area (Å²) in [4.78, 5) is 13.3. The first kappa shape index (κ1) is 14.6. The van der Waals surface area contributed by atoms with Crippen molar-refractivity contribution in [2.24, 2.45) is 0 Å². The number of nitrogens with one attached hydrogen (secondary N) is 1. The number of benzene rings is 1. The zero-order chi connectivity index (χ0) is 13.9. The maximum atomic E-state index is 13.6. The molecule has 0 radical (unpaired) electrons. The molecule has 1 aromatic rings. The van der Waals surface area contributed by atoms with Crippen molar-refractivity contribution in [3.05, 3.63) is 35.4 Å². The van der Waals surface area contributed by atoms with Crippen molar-refractivity contribution in [2.45, 2.75) is 25.9 Å². The van der Waals surface area contributed by atoms with E-state index in [4.69, 9.17) is 0 Å². The molecule has 3 nitrogen and oxygen atoms in total. The molecular weight excluding hydrogens is 238 g/mol. The van der Waals surface area contributed by atoms with Crippen LogP contribution in [0.15, 0.2) is 18.2 Å². The van der Waals surface area contributed by atoms with Crippen LogP contribution < -0.4 is 5.32 Å². The Kier molecular flexibility index (Phi) is 4.78. The zero-order valence-corrected chi connectivity index (χ0v) is 11.0. The smallest absolute Gasteiger partial charge is 0.239 e. The fourth-order valence-corrected chi connectivity index (χ4v) is 1.66. The molecule has 0 saturated heterocycles. The molecule has 0 bridgehead atoms. The lowest BCUT2D eigenvalue weighted by atomic mass is 10.1. The predicted octanol–water partition coefficient (Wildman–Crippen LogP) is 2.09. The highest BCUT2D eigenvalue weighted by atomic mass is 19.1. The molecule has 5 heteroatoms. The van der Waals surface area contributed by atoms with Crippen LogP contribution in [0.25, 0.3) is 0 Å². The zero-order valence-electron chi connectivity index (χ0n) is 11.0. The topological polar surface area (TPSA) is 32.3 Å². The number of hydrogen-bond donors (Lipinski definition) is 1. The van der Waals surface area contributed by atoms with Crippen molar-refractivity contribution >= 4 is 5.91 Å². The van der Waals surface area contributed by atoms with E-state index in [0.717, 1.165) is 18.2 Å². The van der Waals surface area contributed by atoms with Crippen molar-refractivity contribution in [1.82, 2.24) is 10.2 Å². The monoisotopic (exact) mass is 256 g/mol. The number of hydrogen-bond acceptors (Lipinski definition) is 2. The third-order valence-corrected chi connectivity index (χ3v) is 3.14. The Bertz CT molecular complexity index is 437. The van der Waals surface area contributed by atoms with E-state index in [2.05, 4.69) is 5.32 Å². The van der Waals surface area contributed by atoms with Gasteiger partial charge >= 0.3 is 0 Å². The summed E-state index contributed by atoms with van der Waals surface area (Å²) in [6.45, 7) is 3.38. The largest absolute Gasteiger partial charge is 0.338 e. The third kappa shape index (κ3) is 3.04. The van der Waals surface area contributed by atoms with Gasteiger partial charge in [0.25, 0.3) is 0 Å². The summed E-state index contributed by atoms with van der Waals surface area (Å²) in [6, 6.07) is 2.36. The normalized spacial score (nSPS) is 14.1. The SMILES string of the molecule is CNC(C)C(=O)N(C)C(C)c1cc(F)ccc1F. The molecule has 0 aliphatic rings. The van der Waals surface area contributed by atoms with Gasteiger partial charge in [-0.25, -0.2) is 8.78 Å². The lowest BCUT2D eigenvalue weighted by Gasteiger charge is -2.28. The summed E-state index contributed by atoms with van der Waals surface area (Å²) < 4.78 is 26.7. The molecule has 0 aliphatic heterocycles. The van der Waals surface area contributed by atoms with E-state index in [1.807, 2.05) is 0 Å². The molecule has 100 valence electrons. The maximum absolute atomic E-state index is 13.6. The third-order valence-electron chi connectivity index (χ3n) is 3.14. The van der Waals surface area contributed by atoms with Crippen LogP contribution in [0.5, 0.6) is 0 Å². The Balaban J connectivity index is 2.96. The molecule has 0 aromatic heterocycles. The van der Waals surface area contributed by atoms with Gasteiger partial charge in [0, 0.05) is 12.6 Å². The second-order valence-corrected chi connectivity index (χ2v) is 4.30. The van der Waals surface area contributed by atoms with Gasteiger partial charge < -0.3 is 10.2 Å². The average molecular weight is 256 g/mol. The molecule has 0 saturated carbocycles. The minimum absolute atomic E-state index is 0.173. The second-order valence-electron chi connectivity index (χ2n) is 4.30. The maximum Gasteiger partial charge on any atom is 0.239 e. The highest BCUT2D eigenvalue weighted by Gasteiger charge is 2.23. The number of halogens is 2. The number of carbonyl (C=O) groups excluding carboxylic acids is 1. The Labute approximate surface area is 106 Å². The van der Waals surface area contributed by atoms with Gasteiger partial charge in [-0.3, -0.25) is 4.79 Å². The van der Waals surface area contributed by atoms with Gasteiger partial charge in [0.15, 0.2) is 0 Å². The van der Waals surface area contributed by atoms with Crippen LogP contribution in [0.3, 0.4) is 0 Å². The average Bonchev–Trinajstić information content (AvgIpc) is 2.38. The lowest BCUT2D eigenvalue weighted by molar-refractivity contribution is -0.133. The van der Waals surface area contributed by atoms with E-state index in [0.29, 0.717) is 0 Å². The van der Waals surface area contributed by atoms with Gasteiger partial charge in [-0.2, -0.15) is 0 Å². The summed E-state index contributed by atoms with van der Waals surface area (Å²) >= 11 is 0. The molecule has 1 N–H and O–H groups in total. The number of likely N-dealkylation sites (N-methyl/N-ethyl adjacent to an activating group) is 2. The van der Waals surface area contributed by atoms with Crippen LogP contribution >= 0.6 is 0 Å². The van der Waals surface area contributed by atoms with E-state index >= 15 is 0 Å². The molecular formula is C13H18F2N2O. The molecule has 1 aromatic carbocycles. The number of nitrogens with zero attached hydrogens (tertiary/aromatic N) is 1. The summed E-state index contributed by atoms with van der Waals surface area (Å²) in [5.41, 5.74) is 0.175. The fourth-order valence-electron chi connectivity index (χ4n) is 1.66. The van der Waals surface area contributed by atoms with Gasteiger partial charge in [0.2, 0.25) is 5.91 Å². The van der Waals surface area contributed by atoms with Gasteiger partial charge in [-0.1, -0.05) is 0 Å². The number of carbonyl (C=O) groups is 1. The molecule has 0 fully saturated rings.